The molecule has 0 saturated heterocycles. The predicted molar refractivity (Wildman–Crippen MR) is 82.6 cm³/mol. The molecule has 110 valence electrons. The van der Waals surface area contributed by atoms with Crippen LogP contribution in [-0.4, -0.2) is 19.6 Å². The number of hydrogen-bond acceptors (Lipinski definition) is 4. The van der Waals surface area contributed by atoms with Gasteiger partial charge in [-0.25, -0.2) is 8.42 Å². The van der Waals surface area contributed by atoms with Gasteiger partial charge in [-0.3, -0.25) is 4.79 Å². The second-order valence-corrected chi connectivity index (χ2v) is 6.85. The van der Waals surface area contributed by atoms with E-state index in [2.05, 4.69) is 5.32 Å². The van der Waals surface area contributed by atoms with Crippen molar-refractivity contribution in [3.8, 4) is 0 Å². The molecule has 1 unspecified atom stereocenters. The summed E-state index contributed by atoms with van der Waals surface area (Å²) < 4.78 is 24.7. The molecular weight excluding hydrogens is 288 g/mol. The van der Waals surface area contributed by atoms with Gasteiger partial charge in [0, 0.05) is 0 Å². The number of para-hydroxylation sites is 2. The van der Waals surface area contributed by atoms with Crippen molar-refractivity contribution in [2.24, 2.45) is 0 Å². The van der Waals surface area contributed by atoms with Gasteiger partial charge in [-0.1, -0.05) is 30.3 Å². The molecule has 0 heterocycles. The van der Waals surface area contributed by atoms with Gasteiger partial charge in [0.05, 0.1) is 16.3 Å². The van der Waals surface area contributed by atoms with Crippen LogP contribution in [0, 0.1) is 0 Å². The maximum absolute atomic E-state index is 12.4. The van der Waals surface area contributed by atoms with Gasteiger partial charge in [0.15, 0.2) is 9.84 Å². The fourth-order valence-corrected chi connectivity index (χ4v) is 3.09. The van der Waals surface area contributed by atoms with Gasteiger partial charge >= 0.3 is 0 Å². The Bertz CT molecular complexity index is 743. The van der Waals surface area contributed by atoms with E-state index in [-0.39, 0.29) is 4.90 Å². The van der Waals surface area contributed by atoms with Crippen molar-refractivity contribution in [2.75, 3.05) is 11.1 Å². The van der Waals surface area contributed by atoms with E-state index in [0.717, 1.165) is 0 Å². The number of nitrogens with one attached hydrogen (secondary N) is 1. The van der Waals surface area contributed by atoms with Crippen molar-refractivity contribution in [3.05, 3.63) is 54.6 Å². The van der Waals surface area contributed by atoms with E-state index in [1.54, 1.807) is 42.5 Å². The first-order valence-electron chi connectivity index (χ1n) is 6.37. The number of amides is 1. The molecule has 0 aromatic heterocycles. The first-order chi connectivity index (χ1) is 9.93. The summed E-state index contributed by atoms with van der Waals surface area (Å²) in [6, 6.07) is 14.6. The molecule has 0 spiro atoms. The second-order valence-electron chi connectivity index (χ2n) is 4.58. The summed E-state index contributed by atoms with van der Waals surface area (Å²) in [6.45, 7) is 1.36. The molecule has 3 N–H and O–H groups in total. The summed E-state index contributed by atoms with van der Waals surface area (Å²) in [7, 11) is -3.72. The van der Waals surface area contributed by atoms with Crippen LogP contribution in [-0.2, 0) is 14.6 Å². The third kappa shape index (κ3) is 3.22. The van der Waals surface area contributed by atoms with Crippen LogP contribution in [0.15, 0.2) is 59.5 Å². The number of rotatable bonds is 4. The molecule has 2 aromatic rings. The molecule has 0 aliphatic rings. The van der Waals surface area contributed by atoms with Gasteiger partial charge in [0.2, 0.25) is 5.91 Å². The van der Waals surface area contributed by atoms with Crippen LogP contribution in [0.4, 0.5) is 11.4 Å². The first-order valence-corrected chi connectivity index (χ1v) is 7.92. The lowest BCUT2D eigenvalue weighted by atomic mass is 10.2. The van der Waals surface area contributed by atoms with E-state index in [4.69, 9.17) is 5.73 Å². The zero-order valence-corrected chi connectivity index (χ0v) is 12.3. The molecule has 0 aliphatic carbocycles. The summed E-state index contributed by atoms with van der Waals surface area (Å²) in [6.07, 6.45) is 0. The minimum atomic E-state index is -3.72. The lowest BCUT2D eigenvalue weighted by molar-refractivity contribution is -0.115. The van der Waals surface area contributed by atoms with E-state index in [1.807, 2.05) is 0 Å². The fourth-order valence-electron chi connectivity index (χ4n) is 1.80. The number of anilines is 2. The Labute approximate surface area is 123 Å². The average Bonchev–Trinajstić information content (AvgIpc) is 2.49. The molecule has 0 fully saturated rings. The maximum atomic E-state index is 12.4. The number of hydrogen-bond donors (Lipinski definition) is 2. The number of carbonyl (C=O) groups is 1. The predicted octanol–water partition coefficient (Wildman–Crippen LogP) is 2.07. The summed E-state index contributed by atoms with van der Waals surface area (Å²) in [5.41, 5.74) is 6.51. The molecule has 2 aromatic carbocycles. The van der Waals surface area contributed by atoms with Gasteiger partial charge in [0.1, 0.15) is 5.25 Å². The molecule has 0 saturated carbocycles. The summed E-state index contributed by atoms with van der Waals surface area (Å²) in [5, 5.41) is 1.33. The zero-order valence-electron chi connectivity index (χ0n) is 11.5. The lowest BCUT2D eigenvalue weighted by Crippen LogP contribution is -2.32. The molecule has 0 bridgehead atoms. The van der Waals surface area contributed by atoms with E-state index in [0.29, 0.717) is 11.4 Å². The topological polar surface area (TPSA) is 89.3 Å². The highest BCUT2D eigenvalue weighted by Gasteiger charge is 2.29. The lowest BCUT2D eigenvalue weighted by Gasteiger charge is -2.14. The third-order valence-corrected chi connectivity index (χ3v) is 5.20. The van der Waals surface area contributed by atoms with Crippen LogP contribution in [0.1, 0.15) is 6.92 Å². The van der Waals surface area contributed by atoms with Crippen LogP contribution in [0.2, 0.25) is 0 Å². The highest BCUT2D eigenvalue weighted by atomic mass is 32.2. The quantitative estimate of drug-likeness (QED) is 0.846. The number of nitrogen functional groups attached to an aromatic ring is 1. The van der Waals surface area contributed by atoms with E-state index in [9.17, 15) is 13.2 Å². The van der Waals surface area contributed by atoms with Gasteiger partial charge in [-0.05, 0) is 31.2 Å². The van der Waals surface area contributed by atoms with Crippen LogP contribution in [0.25, 0.3) is 0 Å². The SMILES string of the molecule is CC(C(=O)Nc1ccccc1N)S(=O)(=O)c1ccccc1. The monoisotopic (exact) mass is 304 g/mol. The molecule has 1 amide bonds. The molecule has 21 heavy (non-hydrogen) atoms. The second kappa shape index (κ2) is 5.97. The van der Waals surface area contributed by atoms with Crippen molar-refractivity contribution in [2.45, 2.75) is 17.1 Å². The van der Waals surface area contributed by atoms with E-state index >= 15 is 0 Å². The van der Waals surface area contributed by atoms with Crippen LogP contribution in [0.5, 0.6) is 0 Å². The highest BCUT2D eigenvalue weighted by molar-refractivity contribution is 7.92. The highest BCUT2D eigenvalue weighted by Crippen LogP contribution is 2.20. The Morgan fingerprint density at radius 3 is 2.24 bits per heavy atom. The Morgan fingerprint density at radius 2 is 1.62 bits per heavy atom. The standard InChI is InChI=1S/C15H16N2O3S/c1-11(21(19,20)12-7-3-2-4-8-12)15(18)17-14-10-6-5-9-13(14)16/h2-11H,16H2,1H3,(H,17,18). The third-order valence-electron chi connectivity index (χ3n) is 3.13. The Morgan fingerprint density at radius 1 is 1.05 bits per heavy atom. The van der Waals surface area contributed by atoms with Crippen molar-refractivity contribution < 1.29 is 13.2 Å². The van der Waals surface area contributed by atoms with Crippen molar-refractivity contribution >= 4 is 27.1 Å². The largest absolute Gasteiger partial charge is 0.397 e. The Balaban J connectivity index is 2.22. The number of benzene rings is 2. The molecule has 5 nitrogen and oxygen atoms in total. The summed E-state index contributed by atoms with van der Waals surface area (Å²) in [4.78, 5) is 12.3. The van der Waals surface area contributed by atoms with Gasteiger partial charge in [0.25, 0.3) is 0 Å². The van der Waals surface area contributed by atoms with Gasteiger partial charge in [-0.2, -0.15) is 0 Å². The van der Waals surface area contributed by atoms with E-state index < -0.39 is 21.0 Å². The summed E-state index contributed by atoms with van der Waals surface area (Å²) >= 11 is 0. The number of carbonyl (C=O) groups excluding carboxylic acids is 1. The minimum Gasteiger partial charge on any atom is -0.397 e. The molecule has 1 atom stereocenters. The van der Waals surface area contributed by atoms with Crippen molar-refractivity contribution in [1.82, 2.24) is 0 Å². The zero-order chi connectivity index (χ0) is 15.5. The van der Waals surface area contributed by atoms with E-state index in [1.165, 1.54) is 19.1 Å². The van der Waals surface area contributed by atoms with Gasteiger partial charge in [-0.15, -0.1) is 0 Å². The van der Waals surface area contributed by atoms with Gasteiger partial charge < -0.3 is 11.1 Å². The van der Waals surface area contributed by atoms with Crippen molar-refractivity contribution in [1.29, 1.82) is 0 Å². The number of nitrogens with two attached hydrogens (primary N) is 1. The smallest absolute Gasteiger partial charge is 0.242 e. The minimum absolute atomic E-state index is 0.119. The fraction of sp³-hybridized carbons (Fsp3) is 0.133. The van der Waals surface area contributed by atoms with Crippen LogP contribution < -0.4 is 11.1 Å². The molecule has 0 radical (unpaired) electrons. The average molecular weight is 304 g/mol. The van der Waals surface area contributed by atoms with Crippen LogP contribution in [0.3, 0.4) is 0 Å². The maximum Gasteiger partial charge on any atom is 0.242 e. The van der Waals surface area contributed by atoms with Crippen LogP contribution >= 0.6 is 0 Å². The molecule has 2 rings (SSSR count). The molecular formula is C15H16N2O3S. The Kier molecular flexibility index (Phi) is 4.28. The molecule has 6 heteroatoms. The molecule has 0 aliphatic heterocycles. The summed E-state index contributed by atoms with van der Waals surface area (Å²) in [5.74, 6) is -0.614. The first kappa shape index (κ1) is 15.1. The Hall–Kier alpha value is -2.34. The van der Waals surface area contributed by atoms with Crippen molar-refractivity contribution in [3.63, 3.8) is 0 Å². The number of sulfone groups is 1. The normalized spacial score (nSPS) is 12.6.